The second-order valence-corrected chi connectivity index (χ2v) is 8.07. The average molecular weight is 336 g/mol. The maximum atomic E-state index is 6.24. The third kappa shape index (κ3) is 2.83. The van der Waals surface area contributed by atoms with Crippen molar-refractivity contribution in [3.63, 3.8) is 0 Å². The van der Waals surface area contributed by atoms with Gasteiger partial charge >= 0.3 is 0 Å². The number of hydrogen-bond acceptors (Lipinski definition) is 3. The summed E-state index contributed by atoms with van der Waals surface area (Å²) in [5.41, 5.74) is 1.09. The average Bonchev–Trinajstić information content (AvgIpc) is 2.53. The van der Waals surface area contributed by atoms with E-state index in [0.29, 0.717) is 16.8 Å². The standard InChI is InChI=1S/C19H26ClNO2/c1-22-17-9-16(20)8-15(19(17)23-2)10-21-18-13-4-11-3-12(6-13)7-14(18)5-11/h8-9,11-14,18,21H,3-7,10H2,1-2H3. The molecule has 0 atom stereocenters. The maximum absolute atomic E-state index is 6.24. The molecule has 0 heterocycles. The zero-order valence-corrected chi connectivity index (χ0v) is 14.7. The Morgan fingerprint density at radius 2 is 1.65 bits per heavy atom. The third-order valence-corrected chi connectivity index (χ3v) is 6.49. The molecule has 4 aliphatic carbocycles. The van der Waals surface area contributed by atoms with Crippen LogP contribution >= 0.6 is 11.6 Å². The third-order valence-electron chi connectivity index (χ3n) is 6.28. The quantitative estimate of drug-likeness (QED) is 0.871. The molecule has 23 heavy (non-hydrogen) atoms. The summed E-state index contributed by atoms with van der Waals surface area (Å²) in [6.45, 7) is 0.799. The van der Waals surface area contributed by atoms with Gasteiger partial charge in [-0.25, -0.2) is 0 Å². The molecule has 3 nitrogen and oxygen atoms in total. The van der Waals surface area contributed by atoms with Crippen molar-refractivity contribution in [3.05, 3.63) is 22.7 Å². The Balaban J connectivity index is 1.50. The molecule has 126 valence electrons. The second-order valence-electron chi connectivity index (χ2n) is 7.64. The van der Waals surface area contributed by atoms with Crippen molar-refractivity contribution in [1.29, 1.82) is 0 Å². The van der Waals surface area contributed by atoms with E-state index in [1.165, 1.54) is 32.1 Å². The molecular formula is C19H26ClNO2. The topological polar surface area (TPSA) is 30.5 Å². The first kappa shape index (κ1) is 15.6. The number of rotatable bonds is 5. The van der Waals surface area contributed by atoms with Crippen molar-refractivity contribution in [2.45, 2.75) is 44.7 Å². The molecule has 4 saturated carbocycles. The highest BCUT2D eigenvalue weighted by atomic mass is 35.5. The number of hydrogen-bond donors (Lipinski definition) is 1. The summed E-state index contributed by atoms with van der Waals surface area (Å²) in [5.74, 6) is 5.28. The molecule has 4 bridgehead atoms. The van der Waals surface area contributed by atoms with E-state index >= 15 is 0 Å². The zero-order chi connectivity index (χ0) is 16.0. The van der Waals surface area contributed by atoms with Crippen LogP contribution in [0.3, 0.4) is 0 Å². The van der Waals surface area contributed by atoms with E-state index in [-0.39, 0.29) is 0 Å². The molecule has 1 aromatic rings. The smallest absolute Gasteiger partial charge is 0.165 e. The Kier molecular flexibility index (Phi) is 4.19. The highest BCUT2D eigenvalue weighted by Crippen LogP contribution is 2.53. The van der Waals surface area contributed by atoms with Gasteiger partial charge in [-0.2, -0.15) is 0 Å². The van der Waals surface area contributed by atoms with Crippen LogP contribution in [0.2, 0.25) is 5.02 Å². The molecule has 4 heteroatoms. The van der Waals surface area contributed by atoms with Gasteiger partial charge in [0, 0.05) is 29.2 Å². The number of ether oxygens (including phenoxy) is 2. The van der Waals surface area contributed by atoms with Crippen molar-refractivity contribution in [3.8, 4) is 11.5 Å². The second kappa shape index (κ2) is 6.18. The van der Waals surface area contributed by atoms with E-state index < -0.39 is 0 Å². The van der Waals surface area contributed by atoms with Crippen molar-refractivity contribution in [2.24, 2.45) is 23.7 Å². The molecule has 0 radical (unpaired) electrons. The maximum Gasteiger partial charge on any atom is 0.165 e. The summed E-state index contributed by atoms with van der Waals surface area (Å²) >= 11 is 6.24. The Labute approximate surface area is 143 Å². The normalized spacial score (nSPS) is 34.7. The van der Waals surface area contributed by atoms with Gasteiger partial charge in [0.25, 0.3) is 0 Å². The van der Waals surface area contributed by atoms with Crippen LogP contribution in [0.1, 0.15) is 37.7 Å². The minimum absolute atomic E-state index is 0.664. The van der Waals surface area contributed by atoms with E-state index in [1.807, 2.05) is 12.1 Å². The summed E-state index contributed by atoms with van der Waals surface area (Å²) < 4.78 is 11.0. The molecule has 5 rings (SSSR count). The van der Waals surface area contributed by atoms with E-state index in [4.69, 9.17) is 21.1 Å². The monoisotopic (exact) mass is 335 g/mol. The summed E-state index contributed by atoms with van der Waals surface area (Å²) in [6.07, 6.45) is 7.22. The van der Waals surface area contributed by atoms with Crippen molar-refractivity contribution >= 4 is 11.6 Å². The minimum Gasteiger partial charge on any atom is -0.493 e. The SMILES string of the molecule is COc1cc(Cl)cc(CNC2C3CC4CC(C3)CC2C4)c1OC. The van der Waals surface area contributed by atoms with Crippen LogP contribution in [-0.2, 0) is 6.54 Å². The molecule has 4 fully saturated rings. The molecule has 0 amide bonds. The summed E-state index contributed by atoms with van der Waals surface area (Å²) in [4.78, 5) is 0. The number of methoxy groups -OCH3 is 2. The summed E-state index contributed by atoms with van der Waals surface area (Å²) in [6, 6.07) is 4.47. The van der Waals surface area contributed by atoms with Gasteiger partial charge in [0.2, 0.25) is 0 Å². The van der Waals surface area contributed by atoms with Gasteiger partial charge in [0.1, 0.15) is 0 Å². The lowest BCUT2D eigenvalue weighted by molar-refractivity contribution is -0.0143. The molecule has 4 aliphatic rings. The molecule has 1 aromatic carbocycles. The van der Waals surface area contributed by atoms with Gasteiger partial charge in [-0.3, -0.25) is 0 Å². The Bertz CT molecular complexity index is 561. The predicted octanol–water partition coefficient (Wildman–Crippen LogP) is 4.27. The number of halogens is 1. The number of nitrogens with one attached hydrogen (secondary N) is 1. The Morgan fingerprint density at radius 1 is 1.00 bits per heavy atom. The van der Waals surface area contributed by atoms with Gasteiger partial charge in [-0.15, -0.1) is 0 Å². The molecule has 0 saturated heterocycles. The van der Waals surface area contributed by atoms with Crippen LogP contribution in [0, 0.1) is 23.7 Å². The van der Waals surface area contributed by atoms with Crippen LogP contribution in [0.25, 0.3) is 0 Å². The first-order chi connectivity index (χ1) is 11.2. The largest absolute Gasteiger partial charge is 0.493 e. The molecule has 1 N–H and O–H groups in total. The van der Waals surface area contributed by atoms with Crippen molar-refractivity contribution < 1.29 is 9.47 Å². The predicted molar refractivity (Wildman–Crippen MR) is 92.2 cm³/mol. The molecule has 0 unspecified atom stereocenters. The fourth-order valence-electron chi connectivity index (χ4n) is 5.62. The van der Waals surface area contributed by atoms with E-state index in [9.17, 15) is 0 Å². The van der Waals surface area contributed by atoms with Crippen LogP contribution in [0.5, 0.6) is 11.5 Å². The van der Waals surface area contributed by atoms with Crippen LogP contribution in [0.4, 0.5) is 0 Å². The molecular weight excluding hydrogens is 310 g/mol. The lowest BCUT2D eigenvalue weighted by Gasteiger charge is -2.54. The fourth-order valence-corrected chi connectivity index (χ4v) is 5.85. The zero-order valence-electron chi connectivity index (χ0n) is 14.0. The van der Waals surface area contributed by atoms with Crippen LogP contribution in [-0.4, -0.2) is 20.3 Å². The summed E-state index contributed by atoms with van der Waals surface area (Å²) in [5, 5.41) is 4.54. The van der Waals surface area contributed by atoms with E-state index in [0.717, 1.165) is 41.5 Å². The van der Waals surface area contributed by atoms with Crippen LogP contribution in [0.15, 0.2) is 12.1 Å². The van der Waals surface area contributed by atoms with Crippen molar-refractivity contribution in [1.82, 2.24) is 5.32 Å². The highest BCUT2D eigenvalue weighted by Gasteiger charge is 2.47. The summed E-state index contributed by atoms with van der Waals surface area (Å²) in [7, 11) is 3.35. The van der Waals surface area contributed by atoms with Crippen LogP contribution < -0.4 is 14.8 Å². The van der Waals surface area contributed by atoms with E-state index in [2.05, 4.69) is 5.32 Å². The van der Waals surface area contributed by atoms with Gasteiger partial charge in [0.15, 0.2) is 11.5 Å². The van der Waals surface area contributed by atoms with Crippen molar-refractivity contribution in [2.75, 3.05) is 14.2 Å². The minimum atomic E-state index is 0.664. The lowest BCUT2D eigenvalue weighted by atomic mass is 9.54. The fraction of sp³-hybridized carbons (Fsp3) is 0.684. The van der Waals surface area contributed by atoms with Gasteiger partial charge in [-0.05, 0) is 61.8 Å². The first-order valence-corrected chi connectivity index (χ1v) is 9.19. The molecule has 0 spiro atoms. The van der Waals surface area contributed by atoms with E-state index in [1.54, 1.807) is 14.2 Å². The lowest BCUT2D eigenvalue weighted by Crippen LogP contribution is -2.54. The van der Waals surface area contributed by atoms with Gasteiger partial charge in [0.05, 0.1) is 14.2 Å². The van der Waals surface area contributed by atoms with Gasteiger partial charge < -0.3 is 14.8 Å². The number of benzene rings is 1. The Morgan fingerprint density at radius 3 is 2.22 bits per heavy atom. The highest BCUT2D eigenvalue weighted by molar-refractivity contribution is 6.30. The Hall–Kier alpha value is -0.930. The molecule has 0 aromatic heterocycles. The molecule has 0 aliphatic heterocycles. The first-order valence-electron chi connectivity index (χ1n) is 8.81. The van der Waals surface area contributed by atoms with Gasteiger partial charge in [-0.1, -0.05) is 11.6 Å².